The van der Waals surface area contributed by atoms with Gasteiger partial charge in [-0.3, -0.25) is 4.79 Å². The molecule has 0 bridgehead atoms. The van der Waals surface area contributed by atoms with E-state index in [4.69, 9.17) is 4.74 Å². The van der Waals surface area contributed by atoms with Crippen molar-refractivity contribution in [2.45, 2.75) is 51.6 Å². The highest BCUT2D eigenvalue weighted by atomic mass is 16.5. The number of carbonyl (C=O) groups excluding carboxylic acids is 1. The molecule has 0 aromatic heterocycles. The van der Waals surface area contributed by atoms with Gasteiger partial charge in [0.15, 0.2) is 0 Å². The normalized spacial score (nSPS) is 25.0. The Bertz CT molecular complexity index is 429. The summed E-state index contributed by atoms with van der Waals surface area (Å²) in [6.45, 7) is 2.27. The Labute approximate surface area is 127 Å². The number of esters is 1. The summed E-state index contributed by atoms with van der Waals surface area (Å²) in [6, 6.07) is 10.4. The molecule has 1 aliphatic rings. The minimum absolute atomic E-state index is 0.121. The molecule has 0 aliphatic heterocycles. The van der Waals surface area contributed by atoms with Crippen LogP contribution in [-0.4, -0.2) is 23.8 Å². The molecule has 1 aromatic rings. The number of ether oxygens (including phenoxy) is 1. The number of aliphatic hydroxyl groups is 1. The van der Waals surface area contributed by atoms with Crippen molar-refractivity contribution >= 4 is 5.97 Å². The lowest BCUT2D eigenvalue weighted by Crippen LogP contribution is -2.22. The van der Waals surface area contributed by atoms with Crippen LogP contribution < -0.4 is 0 Å². The van der Waals surface area contributed by atoms with Gasteiger partial charge >= 0.3 is 5.97 Å². The van der Waals surface area contributed by atoms with E-state index in [1.807, 2.05) is 13.0 Å². The highest BCUT2D eigenvalue weighted by molar-refractivity contribution is 5.69. The zero-order chi connectivity index (χ0) is 15.1. The Balaban J connectivity index is 1.80. The van der Waals surface area contributed by atoms with Gasteiger partial charge in [0.25, 0.3) is 0 Å². The molecule has 3 nitrogen and oxygen atoms in total. The topological polar surface area (TPSA) is 46.5 Å². The van der Waals surface area contributed by atoms with E-state index in [9.17, 15) is 9.90 Å². The van der Waals surface area contributed by atoms with Gasteiger partial charge in [-0.25, -0.2) is 0 Å². The number of aliphatic hydroxyl groups excluding tert-OH is 1. The summed E-state index contributed by atoms with van der Waals surface area (Å²) in [5, 5.41) is 10.1. The van der Waals surface area contributed by atoms with Gasteiger partial charge in [-0.2, -0.15) is 0 Å². The standard InChI is InChI=1S/C18H26O3/c1-2-21-18(20)13-15-11-12-17(19)16(15)10-6-9-14-7-4-3-5-8-14/h3-5,7-8,15-17,19H,2,6,9-13H2,1H3. The first-order valence-corrected chi connectivity index (χ1v) is 8.08. The molecule has 3 atom stereocenters. The quantitative estimate of drug-likeness (QED) is 0.783. The van der Waals surface area contributed by atoms with E-state index < -0.39 is 0 Å². The van der Waals surface area contributed by atoms with Crippen molar-refractivity contribution in [3.63, 3.8) is 0 Å². The third kappa shape index (κ3) is 4.85. The fourth-order valence-electron chi connectivity index (χ4n) is 3.43. The van der Waals surface area contributed by atoms with Crippen molar-refractivity contribution in [3.05, 3.63) is 35.9 Å². The van der Waals surface area contributed by atoms with Crippen LogP contribution in [0.1, 0.15) is 44.6 Å². The van der Waals surface area contributed by atoms with Gasteiger partial charge in [0.2, 0.25) is 0 Å². The highest BCUT2D eigenvalue weighted by Crippen LogP contribution is 2.37. The van der Waals surface area contributed by atoms with Crippen molar-refractivity contribution in [2.24, 2.45) is 11.8 Å². The monoisotopic (exact) mass is 290 g/mol. The molecule has 21 heavy (non-hydrogen) atoms. The van der Waals surface area contributed by atoms with Gasteiger partial charge in [0.05, 0.1) is 12.7 Å². The third-order valence-electron chi connectivity index (χ3n) is 4.51. The average Bonchev–Trinajstić information content (AvgIpc) is 2.81. The van der Waals surface area contributed by atoms with E-state index in [-0.39, 0.29) is 23.9 Å². The van der Waals surface area contributed by atoms with Crippen molar-refractivity contribution < 1.29 is 14.6 Å². The van der Waals surface area contributed by atoms with Crippen molar-refractivity contribution in [2.75, 3.05) is 6.61 Å². The van der Waals surface area contributed by atoms with Gasteiger partial charge < -0.3 is 9.84 Å². The largest absolute Gasteiger partial charge is 0.466 e. The van der Waals surface area contributed by atoms with E-state index in [2.05, 4.69) is 24.3 Å². The lowest BCUT2D eigenvalue weighted by molar-refractivity contribution is -0.144. The molecule has 1 N–H and O–H groups in total. The van der Waals surface area contributed by atoms with Crippen LogP contribution in [-0.2, 0) is 16.0 Å². The first-order chi connectivity index (χ1) is 10.2. The van der Waals surface area contributed by atoms with E-state index in [0.717, 1.165) is 32.1 Å². The van der Waals surface area contributed by atoms with Crippen LogP contribution in [0.3, 0.4) is 0 Å². The Morgan fingerprint density at radius 3 is 2.76 bits per heavy atom. The average molecular weight is 290 g/mol. The van der Waals surface area contributed by atoms with Gasteiger partial charge in [-0.15, -0.1) is 0 Å². The summed E-state index contributed by atoms with van der Waals surface area (Å²) in [5.74, 6) is 0.414. The molecule has 0 spiro atoms. The molecule has 2 rings (SSSR count). The molecule has 0 saturated heterocycles. The summed E-state index contributed by atoms with van der Waals surface area (Å²) in [5.41, 5.74) is 1.34. The van der Waals surface area contributed by atoms with Gasteiger partial charge in [-0.1, -0.05) is 30.3 Å². The van der Waals surface area contributed by atoms with Crippen LogP contribution in [0, 0.1) is 11.8 Å². The highest BCUT2D eigenvalue weighted by Gasteiger charge is 2.35. The molecule has 0 heterocycles. The lowest BCUT2D eigenvalue weighted by Gasteiger charge is -2.21. The maximum Gasteiger partial charge on any atom is 0.306 e. The van der Waals surface area contributed by atoms with Crippen molar-refractivity contribution in [1.82, 2.24) is 0 Å². The van der Waals surface area contributed by atoms with Crippen molar-refractivity contribution in [3.8, 4) is 0 Å². The predicted molar refractivity (Wildman–Crippen MR) is 82.9 cm³/mol. The first-order valence-electron chi connectivity index (χ1n) is 8.08. The molecule has 1 aliphatic carbocycles. The maximum atomic E-state index is 11.6. The summed E-state index contributed by atoms with van der Waals surface area (Å²) in [7, 11) is 0. The van der Waals surface area contributed by atoms with E-state index in [1.165, 1.54) is 5.56 Å². The fourth-order valence-corrected chi connectivity index (χ4v) is 3.43. The lowest BCUT2D eigenvalue weighted by atomic mass is 9.87. The zero-order valence-electron chi connectivity index (χ0n) is 12.8. The molecule has 116 valence electrons. The van der Waals surface area contributed by atoms with Gasteiger partial charge in [-0.05, 0) is 56.4 Å². The maximum absolute atomic E-state index is 11.6. The Hall–Kier alpha value is -1.35. The molecule has 3 heteroatoms. The molecule has 0 amide bonds. The smallest absolute Gasteiger partial charge is 0.306 e. The van der Waals surface area contributed by atoms with Crippen LogP contribution in [0.25, 0.3) is 0 Å². The molecule has 1 saturated carbocycles. The van der Waals surface area contributed by atoms with Gasteiger partial charge in [0.1, 0.15) is 0 Å². The number of rotatable bonds is 7. The number of hydrogen-bond donors (Lipinski definition) is 1. The van der Waals surface area contributed by atoms with Crippen LogP contribution in [0.15, 0.2) is 30.3 Å². The van der Waals surface area contributed by atoms with E-state index in [1.54, 1.807) is 0 Å². The number of carbonyl (C=O) groups is 1. The predicted octanol–water partition coefficient (Wildman–Crippen LogP) is 3.35. The van der Waals surface area contributed by atoms with Crippen LogP contribution >= 0.6 is 0 Å². The number of benzene rings is 1. The Morgan fingerprint density at radius 2 is 2.05 bits per heavy atom. The van der Waals surface area contributed by atoms with Crippen LogP contribution in [0.5, 0.6) is 0 Å². The third-order valence-corrected chi connectivity index (χ3v) is 4.51. The molecule has 1 aromatic carbocycles. The zero-order valence-corrected chi connectivity index (χ0v) is 12.8. The van der Waals surface area contributed by atoms with E-state index in [0.29, 0.717) is 13.0 Å². The van der Waals surface area contributed by atoms with Crippen molar-refractivity contribution in [1.29, 1.82) is 0 Å². The summed E-state index contributed by atoms with van der Waals surface area (Å²) in [4.78, 5) is 11.6. The summed E-state index contributed by atoms with van der Waals surface area (Å²) in [6.07, 6.45) is 5.05. The summed E-state index contributed by atoms with van der Waals surface area (Å²) < 4.78 is 5.04. The second-order valence-corrected chi connectivity index (χ2v) is 5.96. The molecule has 3 unspecified atom stereocenters. The molecule has 0 radical (unpaired) electrons. The van der Waals surface area contributed by atoms with Crippen LogP contribution in [0.4, 0.5) is 0 Å². The van der Waals surface area contributed by atoms with E-state index >= 15 is 0 Å². The Kier molecular flexibility index (Phi) is 6.24. The van der Waals surface area contributed by atoms with Crippen LogP contribution in [0.2, 0.25) is 0 Å². The van der Waals surface area contributed by atoms with Gasteiger partial charge in [0, 0.05) is 6.42 Å². The second-order valence-electron chi connectivity index (χ2n) is 5.96. The fraction of sp³-hybridized carbons (Fsp3) is 0.611. The molecule has 1 fully saturated rings. The number of hydrogen-bond acceptors (Lipinski definition) is 3. The minimum atomic E-state index is -0.250. The first kappa shape index (κ1) is 16.0. The SMILES string of the molecule is CCOC(=O)CC1CCC(O)C1CCCc1ccccc1. The number of aryl methyl sites for hydroxylation is 1. The minimum Gasteiger partial charge on any atom is -0.466 e. The Morgan fingerprint density at radius 1 is 1.29 bits per heavy atom. The molecular formula is C18H26O3. The summed E-state index contributed by atoms with van der Waals surface area (Å²) >= 11 is 0. The molecular weight excluding hydrogens is 264 g/mol. The second kappa shape index (κ2) is 8.18.